The van der Waals surface area contributed by atoms with Crippen molar-refractivity contribution >= 4 is 5.91 Å². The number of hydrogen-bond acceptors (Lipinski definition) is 3. The van der Waals surface area contributed by atoms with Crippen molar-refractivity contribution in [1.29, 1.82) is 0 Å². The van der Waals surface area contributed by atoms with Crippen LogP contribution in [-0.2, 0) is 4.79 Å². The van der Waals surface area contributed by atoms with E-state index in [0.717, 1.165) is 12.1 Å². The smallest absolute Gasteiger partial charge is 0.236 e. The van der Waals surface area contributed by atoms with Crippen LogP contribution in [0.3, 0.4) is 0 Å². The Kier molecular flexibility index (Phi) is 6.53. The Bertz CT molecular complexity index is 381. The molecule has 0 heterocycles. The fourth-order valence-electron chi connectivity index (χ4n) is 1.96. The lowest BCUT2D eigenvalue weighted by atomic mass is 10.1. The van der Waals surface area contributed by atoms with Gasteiger partial charge in [-0.15, -0.1) is 0 Å². The Labute approximate surface area is 115 Å². The molecule has 0 saturated heterocycles. The van der Waals surface area contributed by atoms with Gasteiger partial charge >= 0.3 is 0 Å². The highest BCUT2D eigenvalue weighted by atomic mass is 16.3. The van der Waals surface area contributed by atoms with Gasteiger partial charge in [-0.05, 0) is 19.0 Å². The molecule has 1 N–H and O–H groups in total. The van der Waals surface area contributed by atoms with Crippen LogP contribution < -0.4 is 0 Å². The monoisotopic (exact) mass is 264 g/mol. The number of aliphatic hydroxyl groups excluding tert-OH is 1. The first-order valence-electron chi connectivity index (χ1n) is 6.74. The van der Waals surface area contributed by atoms with Crippen LogP contribution in [0.25, 0.3) is 0 Å². The minimum atomic E-state index is 0.0570. The molecule has 0 spiro atoms. The maximum atomic E-state index is 12.2. The van der Waals surface area contributed by atoms with Gasteiger partial charge in [0.15, 0.2) is 0 Å². The molecule has 1 atom stereocenters. The number of aliphatic hydroxyl groups is 1. The number of nitrogens with zero attached hydrogens (tertiary/aromatic N) is 2. The first-order chi connectivity index (χ1) is 9.10. The summed E-state index contributed by atoms with van der Waals surface area (Å²) in [5.41, 5.74) is 1.13. The predicted molar refractivity (Wildman–Crippen MR) is 76.8 cm³/mol. The van der Waals surface area contributed by atoms with Gasteiger partial charge in [0.2, 0.25) is 5.91 Å². The molecule has 0 fully saturated rings. The number of carbonyl (C=O) groups excluding carboxylic acids is 1. The molecule has 1 aromatic carbocycles. The van der Waals surface area contributed by atoms with Gasteiger partial charge in [-0.3, -0.25) is 9.69 Å². The molecular formula is C15H24N2O2. The molecular weight excluding hydrogens is 240 g/mol. The first-order valence-corrected chi connectivity index (χ1v) is 6.74. The second-order valence-corrected chi connectivity index (χ2v) is 4.68. The molecule has 0 aliphatic carbocycles. The summed E-state index contributed by atoms with van der Waals surface area (Å²) in [6.45, 7) is 5.75. The molecule has 1 amide bonds. The van der Waals surface area contributed by atoms with Crippen LogP contribution in [0, 0.1) is 0 Å². The maximum absolute atomic E-state index is 12.2. The second-order valence-electron chi connectivity index (χ2n) is 4.68. The fraction of sp³-hybridized carbons (Fsp3) is 0.533. The van der Waals surface area contributed by atoms with Crippen molar-refractivity contribution in [3.05, 3.63) is 35.9 Å². The third-order valence-corrected chi connectivity index (χ3v) is 3.48. The van der Waals surface area contributed by atoms with Crippen molar-refractivity contribution in [3.8, 4) is 0 Å². The zero-order valence-electron chi connectivity index (χ0n) is 12.0. The van der Waals surface area contributed by atoms with Gasteiger partial charge in [-0.2, -0.15) is 0 Å². The fourth-order valence-corrected chi connectivity index (χ4v) is 1.96. The van der Waals surface area contributed by atoms with Gasteiger partial charge in [0.1, 0.15) is 0 Å². The van der Waals surface area contributed by atoms with E-state index in [4.69, 9.17) is 5.11 Å². The molecule has 1 unspecified atom stereocenters. The lowest BCUT2D eigenvalue weighted by Gasteiger charge is -2.28. The number of carbonyl (C=O) groups is 1. The minimum Gasteiger partial charge on any atom is -0.395 e. The lowest BCUT2D eigenvalue weighted by Crippen LogP contribution is -2.40. The lowest BCUT2D eigenvalue weighted by molar-refractivity contribution is -0.133. The molecule has 0 bridgehead atoms. The van der Waals surface area contributed by atoms with Gasteiger partial charge < -0.3 is 10.0 Å². The highest BCUT2D eigenvalue weighted by molar-refractivity contribution is 5.78. The van der Waals surface area contributed by atoms with Crippen LogP contribution in [0.15, 0.2) is 30.3 Å². The average molecular weight is 264 g/mol. The zero-order valence-corrected chi connectivity index (χ0v) is 12.0. The Morgan fingerprint density at radius 1 is 1.32 bits per heavy atom. The molecule has 1 rings (SSSR count). The predicted octanol–water partition coefficient (Wildman–Crippen LogP) is 1.52. The summed E-state index contributed by atoms with van der Waals surface area (Å²) < 4.78 is 0. The van der Waals surface area contributed by atoms with Crippen LogP contribution in [0.2, 0.25) is 0 Å². The summed E-state index contributed by atoms with van der Waals surface area (Å²) >= 11 is 0. The second kappa shape index (κ2) is 7.92. The Hall–Kier alpha value is -1.39. The number of benzene rings is 1. The molecule has 4 nitrogen and oxygen atoms in total. The molecule has 1 aromatic rings. The molecule has 19 heavy (non-hydrogen) atoms. The van der Waals surface area contributed by atoms with Gasteiger partial charge in [-0.25, -0.2) is 0 Å². The van der Waals surface area contributed by atoms with E-state index < -0.39 is 0 Å². The van der Waals surface area contributed by atoms with Crippen LogP contribution in [0.4, 0.5) is 0 Å². The average Bonchev–Trinajstić information content (AvgIpc) is 2.45. The molecule has 0 aliphatic rings. The van der Waals surface area contributed by atoms with Crippen molar-refractivity contribution in [2.45, 2.75) is 19.9 Å². The molecule has 0 aromatic heterocycles. The Morgan fingerprint density at radius 2 is 1.95 bits per heavy atom. The van der Waals surface area contributed by atoms with Crippen molar-refractivity contribution in [2.75, 3.05) is 33.3 Å². The van der Waals surface area contributed by atoms with E-state index in [-0.39, 0.29) is 18.6 Å². The maximum Gasteiger partial charge on any atom is 0.236 e. The summed E-state index contributed by atoms with van der Waals surface area (Å²) in [4.78, 5) is 15.9. The van der Waals surface area contributed by atoms with E-state index in [1.165, 1.54) is 0 Å². The highest BCUT2D eigenvalue weighted by Gasteiger charge is 2.18. The third kappa shape index (κ3) is 4.65. The Morgan fingerprint density at radius 3 is 2.47 bits per heavy atom. The van der Waals surface area contributed by atoms with E-state index in [2.05, 4.69) is 0 Å². The quantitative estimate of drug-likeness (QED) is 0.812. The number of likely N-dealkylation sites (N-methyl/N-ethyl adjacent to an activating group) is 2. The van der Waals surface area contributed by atoms with E-state index in [1.54, 1.807) is 4.90 Å². The zero-order chi connectivity index (χ0) is 14.3. The van der Waals surface area contributed by atoms with Crippen molar-refractivity contribution in [2.24, 2.45) is 0 Å². The van der Waals surface area contributed by atoms with Crippen LogP contribution >= 0.6 is 0 Å². The number of rotatable bonds is 7. The van der Waals surface area contributed by atoms with E-state index in [1.807, 2.05) is 56.1 Å². The largest absolute Gasteiger partial charge is 0.395 e. The molecule has 0 radical (unpaired) electrons. The van der Waals surface area contributed by atoms with E-state index >= 15 is 0 Å². The highest BCUT2D eigenvalue weighted by Crippen LogP contribution is 2.18. The topological polar surface area (TPSA) is 43.8 Å². The van der Waals surface area contributed by atoms with Crippen LogP contribution in [-0.4, -0.2) is 54.1 Å². The summed E-state index contributed by atoms with van der Waals surface area (Å²) in [5.74, 6) is 0.0756. The summed E-state index contributed by atoms with van der Waals surface area (Å²) in [6.07, 6.45) is 0. The van der Waals surface area contributed by atoms with Crippen LogP contribution in [0.5, 0.6) is 0 Å². The van der Waals surface area contributed by atoms with Crippen molar-refractivity contribution in [3.63, 3.8) is 0 Å². The summed E-state index contributed by atoms with van der Waals surface area (Å²) in [7, 11) is 1.83. The van der Waals surface area contributed by atoms with Crippen molar-refractivity contribution < 1.29 is 9.90 Å². The normalized spacial score (nSPS) is 12.5. The Balaban J connectivity index is 2.61. The SMILES string of the molecule is CCN(CCO)CC(=O)N(C)C(C)c1ccccc1. The minimum absolute atomic E-state index is 0.0570. The number of hydrogen-bond donors (Lipinski definition) is 1. The van der Waals surface area contributed by atoms with Crippen molar-refractivity contribution in [1.82, 2.24) is 9.80 Å². The summed E-state index contributed by atoms with van der Waals surface area (Å²) in [6, 6.07) is 10.0. The summed E-state index contributed by atoms with van der Waals surface area (Å²) in [5, 5.41) is 8.94. The molecule has 0 aliphatic heterocycles. The first kappa shape index (κ1) is 15.7. The van der Waals surface area contributed by atoms with Gasteiger partial charge in [0.25, 0.3) is 0 Å². The standard InChI is InChI=1S/C15H24N2O2/c1-4-17(10-11-18)12-15(19)16(3)13(2)14-8-6-5-7-9-14/h5-9,13,18H,4,10-12H2,1-3H3. The van der Waals surface area contributed by atoms with Crippen LogP contribution in [0.1, 0.15) is 25.5 Å². The molecule has 4 heteroatoms. The van der Waals surface area contributed by atoms with Gasteiger partial charge in [0, 0.05) is 13.6 Å². The van der Waals surface area contributed by atoms with E-state index in [0.29, 0.717) is 13.1 Å². The third-order valence-electron chi connectivity index (χ3n) is 3.48. The molecule has 0 saturated carbocycles. The number of amides is 1. The van der Waals surface area contributed by atoms with Gasteiger partial charge in [-0.1, -0.05) is 37.3 Å². The van der Waals surface area contributed by atoms with Gasteiger partial charge in [0.05, 0.1) is 19.2 Å². The molecule has 106 valence electrons. The van der Waals surface area contributed by atoms with E-state index in [9.17, 15) is 4.79 Å².